The summed E-state index contributed by atoms with van der Waals surface area (Å²) in [6.45, 7) is 0. The molecule has 0 amide bonds. The van der Waals surface area contributed by atoms with E-state index in [-0.39, 0.29) is 0 Å². The lowest BCUT2D eigenvalue weighted by atomic mass is 9.84. The van der Waals surface area contributed by atoms with Gasteiger partial charge in [-0.15, -0.1) is 0 Å². The second kappa shape index (κ2) is 9.76. The third-order valence-electron chi connectivity index (χ3n) is 9.99. The minimum absolute atomic E-state index is 1.24. The van der Waals surface area contributed by atoms with Crippen molar-refractivity contribution in [3.63, 3.8) is 0 Å². The fraction of sp³-hybridized carbons (Fsp3) is 0. The Morgan fingerprint density at radius 3 is 1.35 bits per heavy atom. The molecule has 0 radical (unpaired) electrons. The zero-order chi connectivity index (χ0) is 30.2. The van der Waals surface area contributed by atoms with Crippen LogP contribution in [-0.2, 0) is 0 Å². The van der Waals surface area contributed by atoms with Crippen molar-refractivity contribution in [3.05, 3.63) is 170 Å². The maximum absolute atomic E-state index is 2.47. The van der Waals surface area contributed by atoms with Gasteiger partial charge in [0.25, 0.3) is 0 Å². The molecule has 0 saturated heterocycles. The average Bonchev–Trinajstić information content (AvgIpc) is 3.13. The first kappa shape index (κ1) is 25.4. The molecule has 212 valence electrons. The largest absolute Gasteiger partial charge is 0.0616 e. The fourth-order valence-corrected chi connectivity index (χ4v) is 7.96. The van der Waals surface area contributed by atoms with E-state index in [2.05, 4.69) is 170 Å². The van der Waals surface area contributed by atoms with Crippen LogP contribution in [-0.4, -0.2) is 0 Å². The number of hydrogen-bond acceptors (Lipinski definition) is 0. The minimum atomic E-state index is 1.24. The van der Waals surface area contributed by atoms with E-state index in [1.165, 1.54) is 97.7 Å². The molecule has 0 aliphatic rings. The molecular weight excluding hydrogens is 553 g/mol. The van der Waals surface area contributed by atoms with Crippen molar-refractivity contribution in [1.82, 2.24) is 0 Å². The maximum Gasteiger partial charge on any atom is -0.00137 e. The molecule has 0 N–H and O–H groups in total. The Hall–Kier alpha value is -5.98. The van der Waals surface area contributed by atoms with Crippen molar-refractivity contribution in [2.24, 2.45) is 0 Å². The lowest BCUT2D eigenvalue weighted by Crippen LogP contribution is -1.91. The molecule has 10 aromatic rings. The van der Waals surface area contributed by atoms with Crippen molar-refractivity contribution in [2.45, 2.75) is 0 Å². The predicted octanol–water partition coefficient (Wildman–Crippen LogP) is 13.1. The zero-order valence-corrected chi connectivity index (χ0v) is 25.2. The van der Waals surface area contributed by atoms with Crippen LogP contribution in [0.5, 0.6) is 0 Å². The molecule has 46 heavy (non-hydrogen) atoms. The van der Waals surface area contributed by atoms with E-state index in [4.69, 9.17) is 0 Å². The van der Waals surface area contributed by atoms with Crippen molar-refractivity contribution in [2.75, 3.05) is 0 Å². The van der Waals surface area contributed by atoms with E-state index in [0.29, 0.717) is 0 Å². The van der Waals surface area contributed by atoms with Gasteiger partial charge in [-0.25, -0.2) is 0 Å². The Morgan fingerprint density at radius 2 is 0.696 bits per heavy atom. The smallest absolute Gasteiger partial charge is 0.00137 e. The Labute approximate surface area is 266 Å². The Balaban J connectivity index is 1.38. The highest BCUT2D eigenvalue weighted by Gasteiger charge is 2.18. The standard InChI is InChI=1S/C46H28/c1-2-13-31-27-32(22-21-29(31)11-1)35-25-23-30-12-3-4-14-34(30)44(35)33-24-26-39-38-17-7-9-19-41(38)45-40-18-8-5-15-36(40)37-16-6-10-20-42(37)46(45)43(39)28-33/h1-28H. The van der Waals surface area contributed by atoms with E-state index in [1.54, 1.807) is 0 Å². The van der Waals surface area contributed by atoms with Crippen LogP contribution in [0.2, 0.25) is 0 Å². The molecule has 0 spiro atoms. The summed E-state index contributed by atoms with van der Waals surface area (Å²) < 4.78 is 0. The zero-order valence-electron chi connectivity index (χ0n) is 25.2. The van der Waals surface area contributed by atoms with E-state index in [1.807, 2.05) is 0 Å². The third kappa shape index (κ3) is 3.62. The average molecular weight is 581 g/mol. The maximum atomic E-state index is 2.47. The van der Waals surface area contributed by atoms with Gasteiger partial charge < -0.3 is 0 Å². The van der Waals surface area contributed by atoms with E-state index in [0.717, 1.165) is 0 Å². The van der Waals surface area contributed by atoms with Crippen molar-refractivity contribution < 1.29 is 0 Å². The van der Waals surface area contributed by atoms with Crippen LogP contribution in [0.4, 0.5) is 0 Å². The van der Waals surface area contributed by atoms with Crippen LogP contribution < -0.4 is 0 Å². The SMILES string of the molecule is c1ccc2cc(-c3ccc4ccccc4c3-c3ccc4c5ccccc5c5c6ccccc6c6ccccc6c5c4c3)ccc2c1. The monoisotopic (exact) mass is 580 g/mol. The van der Waals surface area contributed by atoms with E-state index < -0.39 is 0 Å². The predicted molar refractivity (Wildman–Crippen MR) is 200 cm³/mol. The number of hydrogen-bond donors (Lipinski definition) is 0. The van der Waals surface area contributed by atoms with Crippen molar-refractivity contribution in [3.8, 4) is 22.3 Å². The van der Waals surface area contributed by atoms with Gasteiger partial charge in [0.1, 0.15) is 0 Å². The van der Waals surface area contributed by atoms with Gasteiger partial charge in [-0.05, 0) is 110 Å². The van der Waals surface area contributed by atoms with Crippen LogP contribution in [0.15, 0.2) is 170 Å². The molecule has 10 aromatic carbocycles. The summed E-state index contributed by atoms with van der Waals surface area (Å²) in [6, 6.07) is 62.9. The van der Waals surface area contributed by atoms with Gasteiger partial charge in [0, 0.05) is 0 Å². The Kier molecular flexibility index (Phi) is 5.38. The molecule has 0 aromatic heterocycles. The van der Waals surface area contributed by atoms with Crippen molar-refractivity contribution in [1.29, 1.82) is 0 Å². The molecule has 0 unspecified atom stereocenters. The highest BCUT2D eigenvalue weighted by Crippen LogP contribution is 2.46. The third-order valence-corrected chi connectivity index (χ3v) is 9.99. The lowest BCUT2D eigenvalue weighted by molar-refractivity contribution is 1.64. The van der Waals surface area contributed by atoms with Gasteiger partial charge in [-0.1, -0.05) is 158 Å². The van der Waals surface area contributed by atoms with Gasteiger partial charge >= 0.3 is 0 Å². The molecule has 0 atom stereocenters. The van der Waals surface area contributed by atoms with Gasteiger partial charge in [0.2, 0.25) is 0 Å². The van der Waals surface area contributed by atoms with E-state index >= 15 is 0 Å². The molecule has 10 rings (SSSR count). The molecule has 0 bridgehead atoms. The van der Waals surface area contributed by atoms with Crippen molar-refractivity contribution >= 4 is 75.4 Å². The summed E-state index contributed by atoms with van der Waals surface area (Å²) in [7, 11) is 0. The number of rotatable bonds is 2. The van der Waals surface area contributed by atoms with Crippen LogP contribution in [0.3, 0.4) is 0 Å². The number of benzene rings is 10. The lowest BCUT2D eigenvalue weighted by Gasteiger charge is -2.19. The molecule has 0 nitrogen and oxygen atoms in total. The first-order chi connectivity index (χ1) is 22.8. The summed E-state index contributed by atoms with van der Waals surface area (Å²) in [5, 5.41) is 18.1. The molecule has 0 fully saturated rings. The summed E-state index contributed by atoms with van der Waals surface area (Å²) in [6.07, 6.45) is 0. The quantitative estimate of drug-likeness (QED) is 0.178. The first-order valence-electron chi connectivity index (χ1n) is 16.0. The molecule has 0 saturated carbocycles. The Bertz CT molecular complexity index is 2840. The van der Waals surface area contributed by atoms with Crippen LogP contribution >= 0.6 is 0 Å². The molecule has 0 aliphatic carbocycles. The highest BCUT2D eigenvalue weighted by atomic mass is 14.2. The minimum Gasteiger partial charge on any atom is -0.0616 e. The highest BCUT2D eigenvalue weighted by molar-refractivity contribution is 6.39. The molecule has 0 aliphatic heterocycles. The van der Waals surface area contributed by atoms with Crippen LogP contribution in [0.25, 0.3) is 97.7 Å². The summed E-state index contributed by atoms with van der Waals surface area (Å²) in [5.74, 6) is 0. The second-order valence-corrected chi connectivity index (χ2v) is 12.4. The second-order valence-electron chi connectivity index (χ2n) is 12.4. The van der Waals surface area contributed by atoms with Gasteiger partial charge in [0.15, 0.2) is 0 Å². The molecular formula is C46H28. The normalized spacial score (nSPS) is 11.9. The van der Waals surface area contributed by atoms with Gasteiger partial charge in [-0.2, -0.15) is 0 Å². The summed E-state index contributed by atoms with van der Waals surface area (Å²) >= 11 is 0. The fourth-order valence-electron chi connectivity index (χ4n) is 7.96. The summed E-state index contributed by atoms with van der Waals surface area (Å²) in [4.78, 5) is 0. The Morgan fingerprint density at radius 1 is 0.239 bits per heavy atom. The topological polar surface area (TPSA) is 0 Å². The van der Waals surface area contributed by atoms with Gasteiger partial charge in [-0.3, -0.25) is 0 Å². The first-order valence-corrected chi connectivity index (χ1v) is 16.0. The molecule has 0 heteroatoms. The van der Waals surface area contributed by atoms with Crippen LogP contribution in [0, 0.1) is 0 Å². The summed E-state index contributed by atoms with van der Waals surface area (Å²) in [5.41, 5.74) is 5.01. The van der Waals surface area contributed by atoms with Crippen LogP contribution in [0.1, 0.15) is 0 Å². The number of fused-ring (bicyclic) bond motifs is 13. The molecule has 0 heterocycles. The van der Waals surface area contributed by atoms with Gasteiger partial charge in [0.05, 0.1) is 0 Å². The van der Waals surface area contributed by atoms with E-state index in [9.17, 15) is 0 Å².